The molecule has 0 aliphatic heterocycles. The molecule has 1 rings (SSSR count). The van der Waals surface area contributed by atoms with Crippen LogP contribution in [0.5, 0.6) is 5.75 Å². The predicted octanol–water partition coefficient (Wildman–Crippen LogP) is 1.41. The van der Waals surface area contributed by atoms with Crippen LogP contribution in [0.15, 0.2) is 30.3 Å². The van der Waals surface area contributed by atoms with Gasteiger partial charge in [-0.05, 0) is 18.6 Å². The number of para-hydroxylation sites is 1. The summed E-state index contributed by atoms with van der Waals surface area (Å²) in [5.41, 5.74) is 0. The third-order valence-electron chi connectivity index (χ3n) is 2.83. The van der Waals surface area contributed by atoms with Gasteiger partial charge in [0.1, 0.15) is 5.75 Å². The maximum Gasteiger partial charge on any atom is 0.305 e. The fourth-order valence-electron chi connectivity index (χ4n) is 1.74. The van der Waals surface area contributed by atoms with E-state index in [-0.39, 0.29) is 25.5 Å². The van der Waals surface area contributed by atoms with E-state index in [0.29, 0.717) is 25.3 Å². The molecular weight excluding hydrogens is 274 g/mol. The maximum absolute atomic E-state index is 12.1. The normalized spacial score (nSPS) is 10.1. The molecule has 116 valence electrons. The van der Waals surface area contributed by atoms with Gasteiger partial charge in [-0.15, -0.1) is 0 Å². The van der Waals surface area contributed by atoms with Crippen LogP contribution in [-0.2, 0) is 14.3 Å². The Hall–Kier alpha value is -2.08. The molecule has 0 aliphatic carbocycles. The number of hydrogen-bond acceptors (Lipinski definition) is 4. The number of carboxylic acids is 1. The molecule has 0 fully saturated rings. The summed E-state index contributed by atoms with van der Waals surface area (Å²) in [7, 11) is 1.59. The Balaban J connectivity index is 2.46. The van der Waals surface area contributed by atoms with E-state index in [0.717, 1.165) is 0 Å². The summed E-state index contributed by atoms with van der Waals surface area (Å²) in [6.07, 6.45) is 0.581. The van der Waals surface area contributed by atoms with Gasteiger partial charge in [-0.1, -0.05) is 18.2 Å². The fourth-order valence-corrected chi connectivity index (χ4v) is 1.74. The van der Waals surface area contributed by atoms with Crippen molar-refractivity contribution in [3.63, 3.8) is 0 Å². The van der Waals surface area contributed by atoms with E-state index < -0.39 is 5.97 Å². The monoisotopic (exact) mass is 295 g/mol. The highest BCUT2D eigenvalue weighted by atomic mass is 16.5. The fraction of sp³-hybridized carbons (Fsp3) is 0.467. The number of aliphatic carboxylic acids is 1. The molecule has 6 heteroatoms. The van der Waals surface area contributed by atoms with Gasteiger partial charge >= 0.3 is 5.97 Å². The van der Waals surface area contributed by atoms with E-state index in [9.17, 15) is 9.59 Å². The summed E-state index contributed by atoms with van der Waals surface area (Å²) in [4.78, 5) is 24.2. The van der Waals surface area contributed by atoms with Crippen molar-refractivity contribution in [1.29, 1.82) is 0 Å². The Morgan fingerprint density at radius 3 is 2.52 bits per heavy atom. The van der Waals surface area contributed by atoms with Crippen molar-refractivity contribution in [2.24, 2.45) is 0 Å². The van der Waals surface area contributed by atoms with E-state index in [2.05, 4.69) is 0 Å². The lowest BCUT2D eigenvalue weighted by Crippen LogP contribution is -2.37. The summed E-state index contributed by atoms with van der Waals surface area (Å²) >= 11 is 0. The van der Waals surface area contributed by atoms with Crippen molar-refractivity contribution < 1.29 is 24.2 Å². The zero-order valence-electron chi connectivity index (χ0n) is 12.2. The Labute approximate surface area is 124 Å². The number of ether oxygens (including phenoxy) is 2. The van der Waals surface area contributed by atoms with Gasteiger partial charge in [0.2, 0.25) is 0 Å². The Kier molecular flexibility index (Phi) is 7.89. The highest BCUT2D eigenvalue weighted by Gasteiger charge is 2.15. The molecular formula is C15H21NO5. The van der Waals surface area contributed by atoms with Crippen molar-refractivity contribution in [2.45, 2.75) is 12.8 Å². The summed E-state index contributed by atoms with van der Waals surface area (Å²) in [6.45, 7) is 1.06. The van der Waals surface area contributed by atoms with Gasteiger partial charge in [-0.25, -0.2) is 0 Å². The van der Waals surface area contributed by atoms with E-state index in [1.54, 1.807) is 19.2 Å². The number of rotatable bonds is 10. The minimum Gasteiger partial charge on any atom is -0.484 e. The molecule has 0 aliphatic rings. The standard InChI is InChI=1S/C15H21NO5/c1-20-11-5-9-16(10-8-15(18)19)14(17)12-21-13-6-3-2-4-7-13/h2-4,6-7H,5,8-12H2,1H3,(H,18,19). The SMILES string of the molecule is COCCCN(CCC(=O)O)C(=O)COc1ccccc1. The van der Waals surface area contributed by atoms with Gasteiger partial charge in [0, 0.05) is 26.8 Å². The van der Waals surface area contributed by atoms with Gasteiger partial charge in [0.25, 0.3) is 5.91 Å². The third-order valence-corrected chi connectivity index (χ3v) is 2.83. The van der Waals surface area contributed by atoms with Crippen molar-refractivity contribution >= 4 is 11.9 Å². The molecule has 0 radical (unpaired) electrons. The molecule has 0 saturated carbocycles. The Morgan fingerprint density at radius 2 is 1.90 bits per heavy atom. The van der Waals surface area contributed by atoms with E-state index in [4.69, 9.17) is 14.6 Å². The Bertz CT molecular complexity index is 435. The summed E-state index contributed by atoms with van der Waals surface area (Å²) < 4.78 is 10.3. The molecule has 0 atom stereocenters. The van der Waals surface area contributed by atoms with Crippen molar-refractivity contribution in [2.75, 3.05) is 33.4 Å². The van der Waals surface area contributed by atoms with Crippen LogP contribution >= 0.6 is 0 Å². The Morgan fingerprint density at radius 1 is 1.19 bits per heavy atom. The largest absolute Gasteiger partial charge is 0.484 e. The number of methoxy groups -OCH3 is 1. The molecule has 1 aromatic carbocycles. The third kappa shape index (κ3) is 7.31. The predicted molar refractivity (Wildman–Crippen MR) is 77.3 cm³/mol. The zero-order valence-corrected chi connectivity index (χ0v) is 12.2. The molecule has 0 unspecified atom stereocenters. The number of benzene rings is 1. The van der Waals surface area contributed by atoms with Gasteiger partial charge < -0.3 is 19.5 Å². The number of carbonyl (C=O) groups excluding carboxylic acids is 1. The van der Waals surface area contributed by atoms with Gasteiger partial charge in [0.15, 0.2) is 6.61 Å². The number of carboxylic acid groups (broad SMARTS) is 1. The lowest BCUT2D eigenvalue weighted by atomic mass is 10.3. The average Bonchev–Trinajstić information content (AvgIpc) is 2.49. The first-order chi connectivity index (χ1) is 10.1. The van der Waals surface area contributed by atoms with E-state index >= 15 is 0 Å². The van der Waals surface area contributed by atoms with Crippen LogP contribution < -0.4 is 4.74 Å². The molecule has 1 N–H and O–H groups in total. The van der Waals surface area contributed by atoms with Crippen LogP contribution in [0.4, 0.5) is 0 Å². The average molecular weight is 295 g/mol. The molecule has 1 amide bonds. The number of nitrogens with zero attached hydrogens (tertiary/aromatic N) is 1. The lowest BCUT2D eigenvalue weighted by Gasteiger charge is -2.22. The zero-order chi connectivity index (χ0) is 15.5. The highest BCUT2D eigenvalue weighted by molar-refractivity contribution is 5.78. The lowest BCUT2D eigenvalue weighted by molar-refractivity contribution is -0.139. The summed E-state index contributed by atoms with van der Waals surface area (Å²) in [5, 5.41) is 8.73. The second-order valence-corrected chi connectivity index (χ2v) is 4.47. The quantitative estimate of drug-likeness (QED) is 0.660. The first-order valence-corrected chi connectivity index (χ1v) is 6.80. The topological polar surface area (TPSA) is 76.1 Å². The van der Waals surface area contributed by atoms with Crippen LogP contribution in [-0.4, -0.2) is 55.3 Å². The summed E-state index contributed by atoms with van der Waals surface area (Å²) in [5.74, 6) is -0.541. The number of hydrogen-bond donors (Lipinski definition) is 1. The van der Waals surface area contributed by atoms with Gasteiger partial charge in [-0.3, -0.25) is 9.59 Å². The van der Waals surface area contributed by atoms with Crippen molar-refractivity contribution in [3.8, 4) is 5.75 Å². The number of amides is 1. The first kappa shape index (κ1) is 17.0. The molecule has 0 aromatic heterocycles. The second-order valence-electron chi connectivity index (χ2n) is 4.47. The van der Waals surface area contributed by atoms with Crippen molar-refractivity contribution in [3.05, 3.63) is 30.3 Å². The molecule has 6 nitrogen and oxygen atoms in total. The molecule has 0 heterocycles. The molecule has 1 aromatic rings. The highest BCUT2D eigenvalue weighted by Crippen LogP contribution is 2.08. The minimum atomic E-state index is -0.927. The van der Waals surface area contributed by atoms with Crippen LogP contribution in [0.25, 0.3) is 0 Å². The van der Waals surface area contributed by atoms with Crippen LogP contribution in [0.2, 0.25) is 0 Å². The van der Waals surface area contributed by atoms with Crippen LogP contribution in [0, 0.1) is 0 Å². The van der Waals surface area contributed by atoms with Gasteiger partial charge in [-0.2, -0.15) is 0 Å². The molecule has 21 heavy (non-hydrogen) atoms. The second kappa shape index (κ2) is 9.77. The molecule has 0 saturated heterocycles. The van der Waals surface area contributed by atoms with Crippen molar-refractivity contribution in [1.82, 2.24) is 4.90 Å². The van der Waals surface area contributed by atoms with Crippen LogP contribution in [0.1, 0.15) is 12.8 Å². The van der Waals surface area contributed by atoms with E-state index in [1.165, 1.54) is 4.90 Å². The minimum absolute atomic E-state index is 0.0793. The maximum atomic E-state index is 12.1. The number of carbonyl (C=O) groups is 2. The van der Waals surface area contributed by atoms with Gasteiger partial charge in [0.05, 0.1) is 6.42 Å². The molecule has 0 spiro atoms. The summed E-state index contributed by atoms with van der Waals surface area (Å²) in [6, 6.07) is 9.03. The molecule has 0 bridgehead atoms. The van der Waals surface area contributed by atoms with E-state index in [1.807, 2.05) is 18.2 Å². The van der Waals surface area contributed by atoms with Crippen LogP contribution in [0.3, 0.4) is 0 Å². The first-order valence-electron chi connectivity index (χ1n) is 6.80. The smallest absolute Gasteiger partial charge is 0.305 e.